The molecule has 0 aromatic carbocycles. The molecule has 0 saturated heterocycles. The third-order valence-electron chi connectivity index (χ3n) is 1.48. The van der Waals surface area contributed by atoms with E-state index in [1.54, 1.807) is 0 Å². The summed E-state index contributed by atoms with van der Waals surface area (Å²) in [7, 11) is -1.71. The fourth-order valence-electron chi connectivity index (χ4n) is 0.807. The second kappa shape index (κ2) is 6.74. The Morgan fingerprint density at radius 2 is 2.21 bits per heavy atom. The molecule has 0 fully saturated rings. The van der Waals surface area contributed by atoms with E-state index in [4.69, 9.17) is 15.9 Å². The molecule has 0 aromatic rings. The monoisotopic (exact) mass is 223 g/mol. The number of methoxy groups -OCH3 is 1. The molecule has 0 unspecified atom stereocenters. The highest BCUT2D eigenvalue weighted by atomic mass is 32.2. The van der Waals surface area contributed by atoms with Gasteiger partial charge in [-0.05, 0) is 6.42 Å². The molecule has 0 aliphatic heterocycles. The van der Waals surface area contributed by atoms with Crippen molar-refractivity contribution >= 4 is 15.9 Å². The van der Waals surface area contributed by atoms with E-state index in [1.807, 2.05) is 0 Å². The Labute approximate surface area is 84.4 Å². The first kappa shape index (κ1) is 13.3. The van der Waals surface area contributed by atoms with Crippen LogP contribution in [0.5, 0.6) is 0 Å². The van der Waals surface area contributed by atoms with E-state index in [-0.39, 0.29) is 24.6 Å². The van der Waals surface area contributed by atoms with Crippen LogP contribution in [-0.4, -0.2) is 40.3 Å². The topological polar surface area (TPSA) is 105 Å². The predicted octanol–water partition coefficient (Wildman–Crippen LogP) is -0.732. The van der Waals surface area contributed by atoms with Crippen molar-refractivity contribution in [2.45, 2.75) is 12.8 Å². The molecule has 0 saturated carbocycles. The summed E-state index contributed by atoms with van der Waals surface area (Å²) in [5, 5.41) is 6.89. The molecule has 0 atom stereocenters. The first-order valence-corrected chi connectivity index (χ1v) is 5.92. The summed E-state index contributed by atoms with van der Waals surface area (Å²) in [5.41, 5.74) is 5.07. The lowest BCUT2D eigenvalue weighted by molar-refractivity contribution is 0.199. The van der Waals surface area contributed by atoms with Gasteiger partial charge in [-0.25, -0.2) is 13.1 Å². The lowest BCUT2D eigenvalue weighted by Gasteiger charge is -2.05. The maximum atomic E-state index is 11.2. The Morgan fingerprint density at radius 1 is 1.57 bits per heavy atom. The molecule has 84 valence electrons. The molecule has 0 aliphatic carbocycles. The van der Waals surface area contributed by atoms with Gasteiger partial charge in [-0.1, -0.05) is 0 Å². The number of sulfonamides is 1. The molecule has 0 rings (SSSR count). The quantitative estimate of drug-likeness (QED) is 0.286. The van der Waals surface area contributed by atoms with Crippen molar-refractivity contribution < 1.29 is 13.2 Å². The lowest BCUT2D eigenvalue weighted by Crippen LogP contribution is -2.30. The summed E-state index contributed by atoms with van der Waals surface area (Å²) in [4.78, 5) is 0. The fraction of sp³-hybridized carbons (Fsp3) is 0.857. The molecule has 0 bridgehead atoms. The lowest BCUT2D eigenvalue weighted by atomic mass is 10.4. The minimum atomic E-state index is -3.23. The Morgan fingerprint density at radius 3 is 2.71 bits per heavy atom. The van der Waals surface area contributed by atoms with Crippen LogP contribution in [0, 0.1) is 5.41 Å². The predicted molar refractivity (Wildman–Crippen MR) is 54.8 cm³/mol. The standard InChI is InChI=1S/C7H17N3O3S/c1-13-5-2-6-14(11,12)10-4-3-7(8)9/h10H,2-6H2,1H3,(H3,8,9). The van der Waals surface area contributed by atoms with Gasteiger partial charge in [-0.2, -0.15) is 0 Å². The van der Waals surface area contributed by atoms with Gasteiger partial charge < -0.3 is 10.5 Å². The van der Waals surface area contributed by atoms with E-state index in [2.05, 4.69) is 4.72 Å². The maximum absolute atomic E-state index is 11.2. The molecule has 0 aliphatic rings. The number of nitrogens with two attached hydrogens (primary N) is 1. The third kappa shape index (κ3) is 7.96. The van der Waals surface area contributed by atoms with Gasteiger partial charge in [0.25, 0.3) is 0 Å². The number of hydrogen-bond acceptors (Lipinski definition) is 4. The van der Waals surface area contributed by atoms with Crippen LogP contribution in [0.4, 0.5) is 0 Å². The zero-order valence-corrected chi connectivity index (χ0v) is 9.06. The van der Waals surface area contributed by atoms with Crippen molar-refractivity contribution in [1.29, 1.82) is 5.41 Å². The zero-order valence-electron chi connectivity index (χ0n) is 8.25. The van der Waals surface area contributed by atoms with Crippen LogP contribution in [0.1, 0.15) is 12.8 Å². The molecule has 7 heteroatoms. The molecule has 14 heavy (non-hydrogen) atoms. The maximum Gasteiger partial charge on any atom is 0.211 e. The van der Waals surface area contributed by atoms with Gasteiger partial charge in [0.05, 0.1) is 11.6 Å². The van der Waals surface area contributed by atoms with Crippen LogP contribution < -0.4 is 10.5 Å². The number of ether oxygens (including phenoxy) is 1. The van der Waals surface area contributed by atoms with Gasteiger partial charge in [0, 0.05) is 26.7 Å². The SMILES string of the molecule is COCCCS(=O)(=O)NCCC(=N)N. The minimum absolute atomic E-state index is 0.0235. The first-order chi connectivity index (χ1) is 6.48. The average Bonchev–Trinajstić information content (AvgIpc) is 2.03. The van der Waals surface area contributed by atoms with Crippen molar-refractivity contribution in [2.75, 3.05) is 26.0 Å². The highest BCUT2D eigenvalue weighted by Gasteiger charge is 2.08. The number of nitrogens with one attached hydrogen (secondary N) is 2. The van der Waals surface area contributed by atoms with Gasteiger partial charge in [-0.15, -0.1) is 0 Å². The average molecular weight is 223 g/mol. The minimum Gasteiger partial charge on any atom is -0.388 e. The second-order valence-electron chi connectivity index (χ2n) is 2.83. The Kier molecular flexibility index (Phi) is 6.43. The smallest absolute Gasteiger partial charge is 0.211 e. The van der Waals surface area contributed by atoms with Crippen LogP contribution in [0.2, 0.25) is 0 Å². The molecular weight excluding hydrogens is 206 g/mol. The normalized spacial score (nSPS) is 11.5. The van der Waals surface area contributed by atoms with E-state index in [1.165, 1.54) is 7.11 Å². The van der Waals surface area contributed by atoms with Crippen molar-refractivity contribution in [2.24, 2.45) is 5.73 Å². The summed E-state index contributed by atoms with van der Waals surface area (Å²) in [6.07, 6.45) is 0.704. The molecule has 0 aromatic heterocycles. The molecule has 0 radical (unpaired) electrons. The molecule has 6 nitrogen and oxygen atoms in total. The van der Waals surface area contributed by atoms with E-state index in [0.29, 0.717) is 13.0 Å². The largest absolute Gasteiger partial charge is 0.388 e. The summed E-state index contributed by atoms with van der Waals surface area (Å²) in [5.74, 6) is 0.0169. The van der Waals surface area contributed by atoms with Crippen molar-refractivity contribution in [3.63, 3.8) is 0 Å². The zero-order chi connectivity index (χ0) is 11.0. The molecule has 0 amide bonds. The Hall–Kier alpha value is -0.660. The van der Waals surface area contributed by atoms with Crippen molar-refractivity contribution in [3.8, 4) is 0 Å². The van der Waals surface area contributed by atoms with Crippen molar-refractivity contribution in [1.82, 2.24) is 4.72 Å². The number of rotatable bonds is 8. The van der Waals surface area contributed by atoms with Crippen LogP contribution in [0.15, 0.2) is 0 Å². The number of hydrogen-bond donors (Lipinski definition) is 3. The Bertz CT molecular complexity index is 263. The molecular formula is C7H17N3O3S. The first-order valence-electron chi connectivity index (χ1n) is 4.27. The van der Waals surface area contributed by atoms with E-state index in [9.17, 15) is 8.42 Å². The highest BCUT2D eigenvalue weighted by Crippen LogP contribution is 1.90. The van der Waals surface area contributed by atoms with E-state index in [0.717, 1.165) is 0 Å². The molecule has 4 N–H and O–H groups in total. The van der Waals surface area contributed by atoms with Gasteiger partial charge in [0.15, 0.2) is 0 Å². The molecule has 0 heterocycles. The Balaban J connectivity index is 3.67. The van der Waals surface area contributed by atoms with Crippen LogP contribution in [0.25, 0.3) is 0 Å². The van der Waals surface area contributed by atoms with E-state index >= 15 is 0 Å². The highest BCUT2D eigenvalue weighted by molar-refractivity contribution is 7.89. The van der Waals surface area contributed by atoms with Crippen LogP contribution >= 0.6 is 0 Å². The summed E-state index contributed by atoms with van der Waals surface area (Å²) >= 11 is 0. The van der Waals surface area contributed by atoms with Gasteiger partial charge in [-0.3, -0.25) is 5.41 Å². The third-order valence-corrected chi connectivity index (χ3v) is 2.95. The van der Waals surface area contributed by atoms with Crippen molar-refractivity contribution in [3.05, 3.63) is 0 Å². The summed E-state index contributed by atoms with van der Waals surface area (Å²) in [6.45, 7) is 0.609. The summed E-state index contributed by atoms with van der Waals surface area (Å²) in [6, 6.07) is 0. The molecule has 0 spiro atoms. The van der Waals surface area contributed by atoms with Crippen LogP contribution in [-0.2, 0) is 14.8 Å². The van der Waals surface area contributed by atoms with Gasteiger partial charge >= 0.3 is 0 Å². The van der Waals surface area contributed by atoms with Gasteiger partial charge in [0.2, 0.25) is 10.0 Å². The number of amidine groups is 1. The van der Waals surface area contributed by atoms with Crippen LogP contribution in [0.3, 0.4) is 0 Å². The fourth-order valence-corrected chi connectivity index (χ4v) is 1.86. The van der Waals surface area contributed by atoms with Gasteiger partial charge in [0.1, 0.15) is 0 Å². The second-order valence-corrected chi connectivity index (χ2v) is 4.76. The van der Waals surface area contributed by atoms with E-state index < -0.39 is 10.0 Å². The summed E-state index contributed by atoms with van der Waals surface area (Å²) < 4.78 is 29.5.